The van der Waals surface area contributed by atoms with E-state index in [1.165, 1.54) is 4.31 Å². The third-order valence-electron chi connectivity index (χ3n) is 5.19. The van der Waals surface area contributed by atoms with Crippen LogP contribution in [0, 0.1) is 5.92 Å². The molecular weight excluding hydrogens is 368 g/mol. The van der Waals surface area contributed by atoms with E-state index in [1.807, 2.05) is 12.1 Å². The number of carbonyl (C=O) groups excluding carboxylic acids is 1. The van der Waals surface area contributed by atoms with Crippen LogP contribution in [0.25, 0.3) is 0 Å². The van der Waals surface area contributed by atoms with Crippen molar-refractivity contribution in [1.29, 1.82) is 0 Å². The van der Waals surface area contributed by atoms with Gasteiger partial charge in [-0.15, -0.1) is 0 Å². The van der Waals surface area contributed by atoms with Crippen LogP contribution in [0.15, 0.2) is 18.3 Å². The van der Waals surface area contributed by atoms with Crippen molar-refractivity contribution in [3.05, 3.63) is 23.9 Å². The first-order valence-corrected chi connectivity index (χ1v) is 11.1. The van der Waals surface area contributed by atoms with Gasteiger partial charge in [0.1, 0.15) is 5.82 Å². The highest BCUT2D eigenvalue weighted by Crippen LogP contribution is 2.20. The maximum Gasteiger partial charge on any atom is 0.223 e. The molecule has 0 unspecified atom stereocenters. The van der Waals surface area contributed by atoms with Crippen LogP contribution in [0.4, 0.5) is 5.82 Å². The van der Waals surface area contributed by atoms with E-state index < -0.39 is 10.0 Å². The minimum Gasteiger partial charge on any atom is -0.378 e. The highest BCUT2D eigenvalue weighted by atomic mass is 32.2. The lowest BCUT2D eigenvalue weighted by molar-refractivity contribution is -0.126. The van der Waals surface area contributed by atoms with Gasteiger partial charge in [-0.1, -0.05) is 0 Å². The number of rotatable bonds is 6. The lowest BCUT2D eigenvalue weighted by Crippen LogP contribution is -2.43. The van der Waals surface area contributed by atoms with Crippen LogP contribution in [0.3, 0.4) is 0 Å². The number of nitrogens with zero attached hydrogens (tertiary/aromatic N) is 3. The molecule has 1 amide bonds. The third kappa shape index (κ3) is 5.18. The number of aromatic nitrogens is 1. The Morgan fingerprint density at radius 2 is 1.96 bits per heavy atom. The highest BCUT2D eigenvalue weighted by molar-refractivity contribution is 7.89. The summed E-state index contributed by atoms with van der Waals surface area (Å²) in [5.74, 6) is 0.877. The number of morpholine rings is 1. The molecule has 2 fully saturated rings. The van der Waals surface area contributed by atoms with Crippen molar-refractivity contribution in [2.75, 3.05) is 50.0 Å². The SMILES string of the molecule is CCS(=O)(=O)N1CCC(C(=O)NCc2ccnc(N3CCOCC3)c2)CC1. The normalized spacial score (nSPS) is 19.8. The zero-order chi connectivity index (χ0) is 19.3. The number of sulfonamides is 1. The van der Waals surface area contributed by atoms with Crippen molar-refractivity contribution >= 4 is 21.7 Å². The average Bonchev–Trinajstić information content (AvgIpc) is 2.73. The Morgan fingerprint density at radius 1 is 1.26 bits per heavy atom. The zero-order valence-electron chi connectivity index (χ0n) is 15.8. The minimum atomic E-state index is -3.16. The van der Waals surface area contributed by atoms with E-state index in [0.717, 1.165) is 24.5 Å². The number of hydrogen-bond donors (Lipinski definition) is 1. The number of amides is 1. The van der Waals surface area contributed by atoms with Crippen molar-refractivity contribution in [3.63, 3.8) is 0 Å². The summed E-state index contributed by atoms with van der Waals surface area (Å²) in [6.07, 6.45) is 2.90. The van der Waals surface area contributed by atoms with Crippen molar-refractivity contribution in [2.24, 2.45) is 5.92 Å². The van der Waals surface area contributed by atoms with Gasteiger partial charge in [0, 0.05) is 44.8 Å². The summed E-state index contributed by atoms with van der Waals surface area (Å²) in [7, 11) is -3.16. The highest BCUT2D eigenvalue weighted by Gasteiger charge is 2.30. The summed E-state index contributed by atoms with van der Waals surface area (Å²) < 4.78 is 30.7. The van der Waals surface area contributed by atoms with E-state index in [2.05, 4.69) is 15.2 Å². The Balaban J connectivity index is 1.50. The topological polar surface area (TPSA) is 91.8 Å². The fourth-order valence-electron chi connectivity index (χ4n) is 3.45. The number of piperidine rings is 1. The van der Waals surface area contributed by atoms with E-state index in [4.69, 9.17) is 4.74 Å². The number of carbonyl (C=O) groups is 1. The van der Waals surface area contributed by atoms with Gasteiger partial charge < -0.3 is 15.0 Å². The van der Waals surface area contributed by atoms with Gasteiger partial charge in [-0.2, -0.15) is 0 Å². The number of ether oxygens (including phenoxy) is 1. The van der Waals surface area contributed by atoms with Gasteiger partial charge in [-0.3, -0.25) is 4.79 Å². The molecule has 0 bridgehead atoms. The first-order chi connectivity index (χ1) is 13.0. The summed E-state index contributed by atoms with van der Waals surface area (Å²) in [6, 6.07) is 3.91. The monoisotopic (exact) mass is 396 g/mol. The first-order valence-electron chi connectivity index (χ1n) is 9.53. The second-order valence-electron chi connectivity index (χ2n) is 6.91. The fourth-order valence-corrected chi connectivity index (χ4v) is 4.58. The average molecular weight is 397 g/mol. The van der Waals surface area contributed by atoms with Crippen LogP contribution in [0.1, 0.15) is 25.3 Å². The van der Waals surface area contributed by atoms with Crippen LogP contribution < -0.4 is 10.2 Å². The molecule has 0 aliphatic carbocycles. The fraction of sp³-hybridized carbons (Fsp3) is 0.667. The third-order valence-corrected chi connectivity index (χ3v) is 7.08. The van der Waals surface area contributed by atoms with Gasteiger partial charge in [0.2, 0.25) is 15.9 Å². The van der Waals surface area contributed by atoms with Crippen LogP contribution in [-0.4, -0.2) is 68.8 Å². The van der Waals surface area contributed by atoms with Crippen LogP contribution in [-0.2, 0) is 26.1 Å². The molecule has 0 atom stereocenters. The van der Waals surface area contributed by atoms with Gasteiger partial charge in [-0.05, 0) is 37.5 Å². The second kappa shape index (κ2) is 8.99. The molecule has 2 aliphatic heterocycles. The standard InChI is InChI=1S/C18H28N4O4S/c1-2-27(24,25)22-7-4-16(5-8-22)18(23)20-14-15-3-6-19-17(13-15)21-9-11-26-12-10-21/h3,6,13,16H,2,4-5,7-12,14H2,1H3,(H,20,23). The number of nitrogens with one attached hydrogen (secondary N) is 1. The lowest BCUT2D eigenvalue weighted by Gasteiger charge is -2.30. The summed E-state index contributed by atoms with van der Waals surface area (Å²) in [5.41, 5.74) is 1.01. The first kappa shape index (κ1) is 20.0. The van der Waals surface area contributed by atoms with E-state index in [9.17, 15) is 13.2 Å². The molecule has 0 saturated carbocycles. The summed E-state index contributed by atoms with van der Waals surface area (Å²) >= 11 is 0. The smallest absolute Gasteiger partial charge is 0.223 e. The van der Waals surface area contributed by atoms with Gasteiger partial charge in [0.15, 0.2) is 0 Å². The van der Waals surface area contributed by atoms with Crippen molar-refractivity contribution in [3.8, 4) is 0 Å². The molecular formula is C18H28N4O4S. The minimum absolute atomic E-state index is 0.00622. The second-order valence-corrected chi connectivity index (χ2v) is 9.17. The van der Waals surface area contributed by atoms with Crippen LogP contribution in [0.2, 0.25) is 0 Å². The van der Waals surface area contributed by atoms with Crippen molar-refractivity contribution < 1.29 is 17.9 Å². The van der Waals surface area contributed by atoms with Crippen molar-refractivity contribution in [1.82, 2.24) is 14.6 Å². The predicted molar refractivity (Wildman–Crippen MR) is 103 cm³/mol. The summed E-state index contributed by atoms with van der Waals surface area (Å²) in [6.45, 7) is 5.99. The molecule has 1 aromatic heterocycles. The maximum atomic E-state index is 12.5. The largest absolute Gasteiger partial charge is 0.378 e. The Kier molecular flexibility index (Phi) is 6.67. The Hall–Kier alpha value is -1.71. The Morgan fingerprint density at radius 3 is 2.63 bits per heavy atom. The van der Waals surface area contributed by atoms with E-state index in [0.29, 0.717) is 45.7 Å². The summed E-state index contributed by atoms with van der Waals surface area (Å²) in [4.78, 5) is 19.1. The molecule has 1 aromatic rings. The number of anilines is 1. The predicted octanol–water partition coefficient (Wildman–Crippen LogP) is 0.596. The molecule has 2 saturated heterocycles. The molecule has 0 radical (unpaired) electrons. The molecule has 8 nitrogen and oxygen atoms in total. The van der Waals surface area contributed by atoms with Gasteiger partial charge in [0.25, 0.3) is 0 Å². The Labute approximate surface area is 160 Å². The van der Waals surface area contributed by atoms with Crippen LogP contribution in [0.5, 0.6) is 0 Å². The molecule has 9 heteroatoms. The van der Waals surface area contributed by atoms with Crippen LogP contribution >= 0.6 is 0 Å². The number of pyridine rings is 1. The van der Waals surface area contributed by atoms with Crippen molar-refractivity contribution in [2.45, 2.75) is 26.3 Å². The molecule has 150 valence electrons. The van der Waals surface area contributed by atoms with Gasteiger partial charge in [-0.25, -0.2) is 17.7 Å². The molecule has 3 rings (SSSR count). The van der Waals surface area contributed by atoms with Gasteiger partial charge >= 0.3 is 0 Å². The van der Waals surface area contributed by atoms with E-state index >= 15 is 0 Å². The quantitative estimate of drug-likeness (QED) is 0.757. The van der Waals surface area contributed by atoms with E-state index in [-0.39, 0.29) is 17.6 Å². The zero-order valence-corrected chi connectivity index (χ0v) is 16.6. The molecule has 0 aromatic carbocycles. The maximum absolute atomic E-state index is 12.5. The van der Waals surface area contributed by atoms with Gasteiger partial charge in [0.05, 0.1) is 19.0 Å². The molecule has 27 heavy (non-hydrogen) atoms. The van der Waals surface area contributed by atoms with E-state index in [1.54, 1.807) is 13.1 Å². The lowest BCUT2D eigenvalue weighted by atomic mass is 9.97. The molecule has 0 spiro atoms. The Bertz CT molecular complexity index is 741. The summed E-state index contributed by atoms with van der Waals surface area (Å²) in [5, 5.41) is 2.99. The number of hydrogen-bond acceptors (Lipinski definition) is 6. The molecule has 1 N–H and O–H groups in total. The molecule has 2 aliphatic rings. The molecule has 3 heterocycles.